The number of aromatic nitrogens is 1. The van der Waals surface area contributed by atoms with E-state index in [1.165, 1.54) is 30.7 Å². The predicted octanol–water partition coefficient (Wildman–Crippen LogP) is 4.80. The second-order valence-corrected chi connectivity index (χ2v) is 6.81. The average Bonchev–Trinajstić information content (AvgIpc) is 2.97. The molecule has 3 rings (SSSR count). The highest BCUT2D eigenvalue weighted by atomic mass is 32.1. The number of benzene rings is 1. The first kappa shape index (κ1) is 14.3. The van der Waals surface area contributed by atoms with Gasteiger partial charge in [-0.2, -0.15) is 0 Å². The van der Waals surface area contributed by atoms with Gasteiger partial charge in [-0.05, 0) is 30.9 Å². The molecule has 1 heterocycles. The number of hydrogen-bond donors (Lipinski definition) is 1. The first-order chi connectivity index (χ1) is 10.1. The molecule has 1 aromatic carbocycles. The van der Waals surface area contributed by atoms with E-state index in [0.29, 0.717) is 11.5 Å². The van der Waals surface area contributed by atoms with E-state index >= 15 is 0 Å². The van der Waals surface area contributed by atoms with Gasteiger partial charge in [-0.15, -0.1) is 11.3 Å². The summed E-state index contributed by atoms with van der Waals surface area (Å²) in [7, 11) is 0. The Hall–Kier alpha value is -1.68. The molecular weight excluding hydrogens is 282 g/mol. The van der Waals surface area contributed by atoms with Gasteiger partial charge in [0.1, 0.15) is 0 Å². The van der Waals surface area contributed by atoms with Crippen LogP contribution in [0.2, 0.25) is 0 Å². The summed E-state index contributed by atoms with van der Waals surface area (Å²) < 4.78 is 0. The van der Waals surface area contributed by atoms with Gasteiger partial charge in [0, 0.05) is 16.9 Å². The van der Waals surface area contributed by atoms with Crippen molar-refractivity contribution in [1.82, 2.24) is 4.98 Å². The van der Waals surface area contributed by atoms with E-state index < -0.39 is 5.97 Å². The molecule has 1 fully saturated rings. The maximum atomic E-state index is 10.9. The van der Waals surface area contributed by atoms with Crippen molar-refractivity contribution < 1.29 is 9.90 Å². The van der Waals surface area contributed by atoms with Crippen LogP contribution in [-0.4, -0.2) is 16.1 Å². The van der Waals surface area contributed by atoms with Gasteiger partial charge in [-0.25, -0.2) is 9.78 Å². The zero-order chi connectivity index (χ0) is 14.8. The van der Waals surface area contributed by atoms with Gasteiger partial charge in [-0.3, -0.25) is 0 Å². The van der Waals surface area contributed by atoms with Gasteiger partial charge in [0.15, 0.2) is 0 Å². The lowest BCUT2D eigenvalue weighted by Crippen LogP contribution is -2.11. The Labute approximate surface area is 128 Å². The highest BCUT2D eigenvalue weighted by molar-refractivity contribution is 7.10. The van der Waals surface area contributed by atoms with E-state index in [1.54, 1.807) is 23.5 Å². The summed E-state index contributed by atoms with van der Waals surface area (Å²) in [5.41, 5.74) is 2.27. The predicted molar refractivity (Wildman–Crippen MR) is 84.9 cm³/mol. The fourth-order valence-corrected chi connectivity index (χ4v) is 4.03. The topological polar surface area (TPSA) is 50.2 Å². The number of aromatic carboxylic acids is 1. The minimum atomic E-state index is -0.892. The van der Waals surface area contributed by atoms with Crippen LogP contribution < -0.4 is 0 Å². The van der Waals surface area contributed by atoms with Crippen molar-refractivity contribution in [3.63, 3.8) is 0 Å². The van der Waals surface area contributed by atoms with Crippen molar-refractivity contribution in [3.8, 4) is 11.3 Å². The SMILES string of the molecule is CC1CCCC(c2nc(-c3ccc(C(=O)O)cc3)cs2)C1. The zero-order valence-electron chi connectivity index (χ0n) is 12.1. The summed E-state index contributed by atoms with van der Waals surface area (Å²) in [5, 5.41) is 12.3. The van der Waals surface area contributed by atoms with Crippen LogP contribution in [0.15, 0.2) is 29.6 Å². The molecule has 0 amide bonds. The summed E-state index contributed by atoms with van der Waals surface area (Å²) in [6, 6.07) is 6.95. The fraction of sp³-hybridized carbons (Fsp3) is 0.412. The Kier molecular flexibility index (Phi) is 4.06. The standard InChI is InChI=1S/C17H19NO2S/c1-11-3-2-4-14(9-11)16-18-15(10-21-16)12-5-7-13(8-6-12)17(19)20/h5-8,10-11,14H,2-4,9H2,1H3,(H,19,20). The van der Waals surface area contributed by atoms with Crippen molar-refractivity contribution in [2.24, 2.45) is 5.92 Å². The molecule has 2 aromatic rings. The Morgan fingerprint density at radius 3 is 2.71 bits per heavy atom. The number of carbonyl (C=O) groups is 1. The lowest BCUT2D eigenvalue weighted by Gasteiger charge is -2.24. The van der Waals surface area contributed by atoms with Crippen LogP contribution in [0.3, 0.4) is 0 Å². The molecule has 0 spiro atoms. The minimum absolute atomic E-state index is 0.315. The average molecular weight is 301 g/mol. The number of rotatable bonds is 3. The van der Waals surface area contributed by atoms with E-state index in [9.17, 15) is 4.79 Å². The number of nitrogens with zero attached hydrogens (tertiary/aromatic N) is 1. The summed E-state index contributed by atoms with van der Waals surface area (Å²) >= 11 is 1.74. The van der Waals surface area contributed by atoms with Crippen molar-refractivity contribution >= 4 is 17.3 Å². The molecule has 110 valence electrons. The molecular formula is C17H19NO2S. The molecule has 3 nitrogen and oxygen atoms in total. The van der Waals surface area contributed by atoms with Gasteiger partial charge in [0.05, 0.1) is 16.3 Å². The molecule has 0 saturated heterocycles. The van der Waals surface area contributed by atoms with Gasteiger partial charge < -0.3 is 5.11 Å². The molecule has 0 bridgehead atoms. The molecule has 2 atom stereocenters. The van der Waals surface area contributed by atoms with Crippen LogP contribution >= 0.6 is 11.3 Å². The van der Waals surface area contributed by atoms with Crippen LogP contribution in [0.25, 0.3) is 11.3 Å². The Bertz CT molecular complexity index is 632. The third kappa shape index (κ3) is 3.16. The van der Waals surface area contributed by atoms with E-state index in [0.717, 1.165) is 17.2 Å². The molecule has 1 aliphatic rings. The van der Waals surface area contributed by atoms with Crippen molar-refractivity contribution in [1.29, 1.82) is 0 Å². The molecule has 1 N–H and O–H groups in total. The maximum Gasteiger partial charge on any atom is 0.335 e. The van der Waals surface area contributed by atoms with E-state index in [2.05, 4.69) is 12.3 Å². The molecule has 1 saturated carbocycles. The zero-order valence-corrected chi connectivity index (χ0v) is 12.9. The molecule has 1 aliphatic carbocycles. The first-order valence-corrected chi connectivity index (χ1v) is 8.30. The fourth-order valence-electron chi connectivity index (χ4n) is 3.05. The van der Waals surface area contributed by atoms with Gasteiger partial charge in [0.25, 0.3) is 0 Å². The quantitative estimate of drug-likeness (QED) is 0.885. The Morgan fingerprint density at radius 1 is 1.29 bits per heavy atom. The summed E-state index contributed by atoms with van der Waals surface area (Å²) in [4.78, 5) is 15.7. The second kappa shape index (κ2) is 5.98. The Morgan fingerprint density at radius 2 is 2.05 bits per heavy atom. The second-order valence-electron chi connectivity index (χ2n) is 5.92. The van der Waals surface area contributed by atoms with Gasteiger partial charge in [-0.1, -0.05) is 31.9 Å². The van der Waals surface area contributed by atoms with Crippen molar-refractivity contribution in [2.75, 3.05) is 0 Å². The normalized spacial score (nSPS) is 22.1. The summed E-state index contributed by atoms with van der Waals surface area (Å²) in [6.07, 6.45) is 5.12. The van der Waals surface area contributed by atoms with E-state index in [4.69, 9.17) is 10.1 Å². The Balaban J connectivity index is 1.79. The summed E-state index contributed by atoms with van der Waals surface area (Å²) in [6.45, 7) is 2.32. The van der Waals surface area contributed by atoms with Crippen LogP contribution in [-0.2, 0) is 0 Å². The van der Waals surface area contributed by atoms with Gasteiger partial charge >= 0.3 is 5.97 Å². The van der Waals surface area contributed by atoms with Crippen molar-refractivity contribution in [3.05, 3.63) is 40.2 Å². The van der Waals surface area contributed by atoms with Crippen molar-refractivity contribution in [2.45, 2.75) is 38.5 Å². The number of carboxylic acids is 1. The maximum absolute atomic E-state index is 10.9. The highest BCUT2D eigenvalue weighted by Crippen LogP contribution is 2.38. The van der Waals surface area contributed by atoms with E-state index in [-0.39, 0.29) is 0 Å². The van der Waals surface area contributed by atoms with E-state index in [1.807, 2.05) is 12.1 Å². The van der Waals surface area contributed by atoms with Crippen LogP contribution in [0.4, 0.5) is 0 Å². The van der Waals surface area contributed by atoms with Crippen LogP contribution in [0, 0.1) is 5.92 Å². The number of hydrogen-bond acceptors (Lipinski definition) is 3. The lowest BCUT2D eigenvalue weighted by molar-refractivity contribution is 0.0697. The van der Waals surface area contributed by atoms with Gasteiger partial charge in [0.2, 0.25) is 0 Å². The molecule has 0 radical (unpaired) electrons. The highest BCUT2D eigenvalue weighted by Gasteiger charge is 2.23. The lowest BCUT2D eigenvalue weighted by atomic mass is 9.83. The molecule has 21 heavy (non-hydrogen) atoms. The third-order valence-electron chi connectivity index (χ3n) is 4.24. The number of carboxylic acid groups (broad SMARTS) is 1. The first-order valence-electron chi connectivity index (χ1n) is 7.42. The molecule has 2 unspecified atom stereocenters. The molecule has 0 aliphatic heterocycles. The smallest absolute Gasteiger partial charge is 0.335 e. The largest absolute Gasteiger partial charge is 0.478 e. The third-order valence-corrected chi connectivity index (χ3v) is 5.24. The van der Waals surface area contributed by atoms with Crippen LogP contribution in [0.1, 0.15) is 53.9 Å². The molecule has 4 heteroatoms. The monoisotopic (exact) mass is 301 g/mol. The molecule has 1 aromatic heterocycles. The summed E-state index contributed by atoms with van der Waals surface area (Å²) in [5.74, 6) is 0.508. The minimum Gasteiger partial charge on any atom is -0.478 e. The number of thiazole rings is 1. The van der Waals surface area contributed by atoms with Crippen LogP contribution in [0.5, 0.6) is 0 Å².